The number of hydrogen-bond donors (Lipinski definition) is 1. The first-order valence-corrected chi connectivity index (χ1v) is 11.7. The molecule has 2 aromatic carbocycles. The van der Waals surface area contributed by atoms with E-state index in [1.54, 1.807) is 0 Å². The first-order chi connectivity index (χ1) is 15.0. The van der Waals surface area contributed by atoms with Gasteiger partial charge >= 0.3 is 0 Å². The van der Waals surface area contributed by atoms with Crippen molar-refractivity contribution in [2.24, 2.45) is 0 Å². The molecule has 2 aromatic rings. The highest BCUT2D eigenvalue weighted by molar-refractivity contribution is 5.88. The lowest BCUT2D eigenvalue weighted by Gasteiger charge is -2.31. The summed E-state index contributed by atoms with van der Waals surface area (Å²) in [4.78, 5) is 28.4. The highest BCUT2D eigenvalue weighted by atomic mass is 16.2. The van der Waals surface area contributed by atoms with E-state index >= 15 is 0 Å². The van der Waals surface area contributed by atoms with Crippen LogP contribution in [0.4, 0.5) is 0 Å². The predicted octanol–water partition coefficient (Wildman–Crippen LogP) is 4.75. The number of rotatable bonds is 9. The van der Waals surface area contributed by atoms with E-state index in [1.807, 2.05) is 36.1 Å². The van der Waals surface area contributed by atoms with E-state index in [9.17, 15) is 9.59 Å². The lowest BCUT2D eigenvalue weighted by molar-refractivity contribution is -0.140. The average molecular weight is 421 g/mol. The minimum absolute atomic E-state index is 0.00380. The topological polar surface area (TPSA) is 49.4 Å². The third kappa shape index (κ3) is 6.43. The van der Waals surface area contributed by atoms with E-state index < -0.39 is 6.04 Å². The van der Waals surface area contributed by atoms with Crippen LogP contribution in [0.25, 0.3) is 0 Å². The fraction of sp³-hybridized carbons (Fsp3) is 0.481. The fourth-order valence-corrected chi connectivity index (χ4v) is 4.45. The number of benzene rings is 2. The Morgan fingerprint density at radius 1 is 1.00 bits per heavy atom. The Morgan fingerprint density at radius 3 is 2.35 bits per heavy atom. The van der Waals surface area contributed by atoms with Crippen molar-refractivity contribution in [3.63, 3.8) is 0 Å². The summed E-state index contributed by atoms with van der Waals surface area (Å²) in [7, 11) is 0. The van der Waals surface area contributed by atoms with E-state index in [-0.39, 0.29) is 17.9 Å². The summed E-state index contributed by atoms with van der Waals surface area (Å²) < 4.78 is 0. The third-order valence-corrected chi connectivity index (χ3v) is 6.50. The summed E-state index contributed by atoms with van der Waals surface area (Å²) >= 11 is 0. The smallest absolute Gasteiger partial charge is 0.243 e. The van der Waals surface area contributed by atoms with Crippen molar-refractivity contribution in [2.45, 2.75) is 77.8 Å². The van der Waals surface area contributed by atoms with Gasteiger partial charge in [0, 0.05) is 12.6 Å². The number of carbonyl (C=O) groups is 2. The van der Waals surface area contributed by atoms with Crippen LogP contribution in [0.3, 0.4) is 0 Å². The van der Waals surface area contributed by atoms with E-state index in [2.05, 4.69) is 43.4 Å². The molecule has 0 aliphatic heterocycles. The highest BCUT2D eigenvalue weighted by Gasteiger charge is 2.30. The standard InChI is InChI=1S/C27H36N2O2/c1-4-25(27(31)28-24-12-8-9-13-24)29(17-16-22-10-6-5-7-11-22)26(30)19-23-15-14-20(2)21(3)18-23/h5-7,10-11,14-15,18,24-25H,4,8-9,12-13,16-17,19H2,1-3H3,(H,28,31)/t25-/m1/s1. The number of aryl methyl sites for hydroxylation is 2. The molecule has 0 radical (unpaired) electrons. The van der Waals surface area contributed by atoms with Gasteiger partial charge in [0.1, 0.15) is 6.04 Å². The molecule has 0 aromatic heterocycles. The zero-order valence-electron chi connectivity index (χ0n) is 19.2. The van der Waals surface area contributed by atoms with Crippen LogP contribution in [-0.4, -0.2) is 35.3 Å². The molecule has 0 bridgehead atoms. The molecular weight excluding hydrogens is 384 g/mol. The van der Waals surface area contributed by atoms with Crippen LogP contribution in [0.5, 0.6) is 0 Å². The minimum Gasteiger partial charge on any atom is -0.352 e. The van der Waals surface area contributed by atoms with Crippen LogP contribution in [0.2, 0.25) is 0 Å². The molecule has 0 heterocycles. The van der Waals surface area contributed by atoms with Crippen molar-refractivity contribution in [1.29, 1.82) is 0 Å². The Labute approximate surface area is 187 Å². The van der Waals surface area contributed by atoms with Crippen LogP contribution >= 0.6 is 0 Å². The minimum atomic E-state index is -0.427. The first kappa shape index (κ1) is 23.1. The van der Waals surface area contributed by atoms with Crippen LogP contribution < -0.4 is 5.32 Å². The molecule has 2 amide bonds. The molecule has 1 fully saturated rings. The van der Waals surface area contributed by atoms with Gasteiger partial charge in [0.2, 0.25) is 11.8 Å². The predicted molar refractivity (Wildman–Crippen MR) is 126 cm³/mol. The Morgan fingerprint density at radius 2 is 1.71 bits per heavy atom. The van der Waals surface area contributed by atoms with Crippen molar-refractivity contribution < 1.29 is 9.59 Å². The van der Waals surface area contributed by atoms with Gasteiger partial charge in [0.25, 0.3) is 0 Å². The second-order valence-electron chi connectivity index (χ2n) is 8.83. The van der Waals surface area contributed by atoms with Crippen LogP contribution in [0.15, 0.2) is 48.5 Å². The van der Waals surface area contributed by atoms with E-state index in [0.717, 1.165) is 24.8 Å². The monoisotopic (exact) mass is 420 g/mol. The van der Waals surface area contributed by atoms with Gasteiger partial charge in [-0.1, -0.05) is 68.3 Å². The molecule has 1 saturated carbocycles. The number of carbonyl (C=O) groups excluding carboxylic acids is 2. The molecule has 0 saturated heterocycles. The zero-order chi connectivity index (χ0) is 22.2. The van der Waals surface area contributed by atoms with Gasteiger partial charge in [-0.15, -0.1) is 0 Å². The normalized spacial score (nSPS) is 14.9. The first-order valence-electron chi connectivity index (χ1n) is 11.7. The molecule has 1 N–H and O–H groups in total. The SMILES string of the molecule is CC[C@H](C(=O)NC1CCCC1)N(CCc1ccccc1)C(=O)Cc1ccc(C)c(C)c1. The molecular formula is C27H36N2O2. The Balaban J connectivity index is 1.76. The summed E-state index contributed by atoms with van der Waals surface area (Å²) in [5, 5.41) is 3.21. The van der Waals surface area contributed by atoms with Crippen molar-refractivity contribution >= 4 is 11.8 Å². The molecule has 4 heteroatoms. The summed E-state index contributed by atoms with van der Waals surface area (Å²) in [5.74, 6) is 0.0171. The van der Waals surface area contributed by atoms with Gasteiger partial charge in [-0.05, 0) is 61.8 Å². The molecule has 31 heavy (non-hydrogen) atoms. The van der Waals surface area contributed by atoms with Crippen molar-refractivity contribution in [3.05, 3.63) is 70.8 Å². The van der Waals surface area contributed by atoms with Gasteiger partial charge in [0.05, 0.1) is 6.42 Å². The van der Waals surface area contributed by atoms with Gasteiger partial charge in [-0.25, -0.2) is 0 Å². The molecule has 1 atom stereocenters. The summed E-state index contributed by atoms with van der Waals surface area (Å²) in [5.41, 5.74) is 4.59. The molecule has 1 aliphatic rings. The summed E-state index contributed by atoms with van der Waals surface area (Å²) in [6, 6.07) is 16.2. The Kier molecular flexibility index (Phi) is 8.27. The Bertz CT molecular complexity index is 872. The number of nitrogens with zero attached hydrogens (tertiary/aromatic N) is 1. The quantitative estimate of drug-likeness (QED) is 0.636. The lowest BCUT2D eigenvalue weighted by atomic mass is 10.0. The van der Waals surface area contributed by atoms with Crippen LogP contribution in [0.1, 0.15) is 61.3 Å². The molecule has 0 spiro atoms. The second kappa shape index (κ2) is 11.1. The number of hydrogen-bond acceptors (Lipinski definition) is 2. The van der Waals surface area contributed by atoms with E-state index in [4.69, 9.17) is 0 Å². The molecule has 1 aliphatic carbocycles. The maximum atomic E-state index is 13.4. The number of nitrogens with one attached hydrogen (secondary N) is 1. The second-order valence-corrected chi connectivity index (χ2v) is 8.83. The average Bonchev–Trinajstić information content (AvgIpc) is 3.27. The highest BCUT2D eigenvalue weighted by Crippen LogP contribution is 2.19. The molecule has 166 valence electrons. The maximum absolute atomic E-state index is 13.4. The summed E-state index contributed by atoms with van der Waals surface area (Å²) in [6.07, 6.45) is 6.11. The largest absolute Gasteiger partial charge is 0.352 e. The van der Waals surface area contributed by atoms with Crippen LogP contribution in [-0.2, 0) is 22.4 Å². The zero-order valence-corrected chi connectivity index (χ0v) is 19.2. The van der Waals surface area contributed by atoms with E-state index in [1.165, 1.54) is 29.5 Å². The van der Waals surface area contributed by atoms with Crippen molar-refractivity contribution in [3.8, 4) is 0 Å². The molecule has 0 unspecified atom stereocenters. The summed E-state index contributed by atoms with van der Waals surface area (Å²) in [6.45, 7) is 6.69. The fourth-order valence-electron chi connectivity index (χ4n) is 4.45. The van der Waals surface area contributed by atoms with Gasteiger partial charge in [-0.3, -0.25) is 9.59 Å². The third-order valence-electron chi connectivity index (χ3n) is 6.50. The lowest BCUT2D eigenvalue weighted by Crippen LogP contribution is -2.52. The molecule has 3 rings (SSSR count). The van der Waals surface area contributed by atoms with Crippen molar-refractivity contribution in [2.75, 3.05) is 6.54 Å². The van der Waals surface area contributed by atoms with Gasteiger partial charge < -0.3 is 10.2 Å². The number of amides is 2. The van der Waals surface area contributed by atoms with Gasteiger partial charge in [0.15, 0.2) is 0 Å². The van der Waals surface area contributed by atoms with Crippen LogP contribution in [0, 0.1) is 13.8 Å². The Hall–Kier alpha value is -2.62. The molecule has 4 nitrogen and oxygen atoms in total. The van der Waals surface area contributed by atoms with E-state index in [0.29, 0.717) is 19.4 Å². The van der Waals surface area contributed by atoms with Gasteiger partial charge in [-0.2, -0.15) is 0 Å². The van der Waals surface area contributed by atoms with Crippen molar-refractivity contribution in [1.82, 2.24) is 10.2 Å². The maximum Gasteiger partial charge on any atom is 0.243 e.